The minimum Gasteiger partial charge on any atom is -0.726 e. The van der Waals surface area contributed by atoms with E-state index in [9.17, 15) is 27.4 Å². The van der Waals surface area contributed by atoms with Crippen LogP contribution >= 0.6 is 0 Å². The second-order valence-corrected chi connectivity index (χ2v) is 17.2. The number of esters is 2. The predicted octanol–water partition coefficient (Wildman–Crippen LogP) is 9.03. The van der Waals surface area contributed by atoms with Crippen molar-refractivity contribution in [2.75, 3.05) is 13.2 Å². The van der Waals surface area contributed by atoms with Gasteiger partial charge in [0.15, 0.2) is 6.10 Å². The third-order valence-corrected chi connectivity index (χ3v) is 11.2. The molecule has 13 heteroatoms. The molecule has 1 aliphatic carbocycles. The van der Waals surface area contributed by atoms with Gasteiger partial charge in [-0.05, 0) is 89.9 Å². The number of ether oxygens (including phenoxy) is 3. The Labute approximate surface area is 382 Å². The average molecular weight is 864 g/mol. The third kappa shape index (κ3) is 39.2. The van der Waals surface area contributed by atoms with E-state index in [0.29, 0.717) is 25.7 Å². The largest absolute Gasteiger partial charge is 1.00 e. The number of nitrogens with one attached hydrogen (secondary N) is 1. The minimum absolute atomic E-state index is 0. The third-order valence-electron chi connectivity index (χ3n) is 10.7. The molecular weight excluding hydrogens is 782 g/mol. The van der Waals surface area contributed by atoms with Gasteiger partial charge in [-0.1, -0.05) is 141 Å². The van der Waals surface area contributed by atoms with E-state index in [1.165, 1.54) is 89.9 Å². The quantitative estimate of drug-likeness (QED) is 0.0121. The first-order valence-electron chi connectivity index (χ1n) is 23.3. The van der Waals surface area contributed by atoms with Crippen LogP contribution in [0.25, 0.3) is 0 Å². The van der Waals surface area contributed by atoms with Gasteiger partial charge in [0, 0.05) is 18.9 Å². The number of amides is 1. The van der Waals surface area contributed by atoms with Crippen molar-refractivity contribution < 1.29 is 75.3 Å². The van der Waals surface area contributed by atoms with Gasteiger partial charge in [0.2, 0.25) is 10.4 Å². The Bertz CT molecular complexity index is 1130. The zero-order chi connectivity index (χ0) is 42.4. The Morgan fingerprint density at radius 3 is 1.31 bits per heavy atom. The van der Waals surface area contributed by atoms with E-state index in [0.717, 1.165) is 64.2 Å². The first-order valence-corrected chi connectivity index (χ1v) is 24.7. The molecule has 0 atom stereocenters. The molecule has 1 rings (SSSR count). The van der Waals surface area contributed by atoms with Crippen molar-refractivity contribution in [2.24, 2.45) is 0 Å². The molecule has 11 nitrogen and oxygen atoms in total. The van der Waals surface area contributed by atoms with E-state index in [1.54, 1.807) is 0 Å². The Morgan fingerprint density at radius 2 is 0.932 bits per heavy atom. The summed E-state index contributed by atoms with van der Waals surface area (Å²) in [6, 6.07) is -0.310. The second-order valence-electron chi connectivity index (χ2n) is 16.2. The van der Waals surface area contributed by atoms with E-state index in [-0.39, 0.29) is 74.5 Å². The van der Waals surface area contributed by atoms with Crippen LogP contribution in [0.5, 0.6) is 0 Å². The molecule has 0 unspecified atom stereocenters. The number of rotatable bonds is 38. The maximum atomic E-state index is 12.8. The van der Waals surface area contributed by atoms with Gasteiger partial charge in [0.25, 0.3) is 0 Å². The summed E-state index contributed by atoms with van der Waals surface area (Å²) in [5.41, 5.74) is 0. The molecule has 0 radical (unpaired) electrons. The maximum Gasteiger partial charge on any atom is 1.00 e. The molecule has 0 spiro atoms. The molecule has 338 valence electrons. The van der Waals surface area contributed by atoms with Crippen LogP contribution in [0.15, 0.2) is 24.3 Å². The van der Waals surface area contributed by atoms with Gasteiger partial charge < -0.3 is 24.1 Å². The number of allylic oxidation sites excluding steroid dienone is 4. The number of carbonyl (C=O) groups is 3. The molecule has 0 aromatic rings. The Hall–Kier alpha value is -1.44. The smallest absolute Gasteiger partial charge is 0.726 e. The maximum absolute atomic E-state index is 12.8. The van der Waals surface area contributed by atoms with Gasteiger partial charge in [-0.15, -0.1) is 0 Å². The van der Waals surface area contributed by atoms with Crippen LogP contribution in [0.1, 0.15) is 219 Å². The fourth-order valence-corrected chi connectivity index (χ4v) is 7.66. The summed E-state index contributed by atoms with van der Waals surface area (Å²) in [6.45, 7) is 4.01. The molecule has 0 aromatic carbocycles. The number of hydrogen-bond donors (Lipinski definition) is 1. The van der Waals surface area contributed by atoms with Crippen molar-refractivity contribution in [1.29, 1.82) is 0 Å². The van der Waals surface area contributed by atoms with Crippen molar-refractivity contribution >= 4 is 28.4 Å². The van der Waals surface area contributed by atoms with Crippen LogP contribution in [0.3, 0.4) is 0 Å². The summed E-state index contributed by atoms with van der Waals surface area (Å²) >= 11 is 0. The molecular formula is C46H82NNaO10S. The zero-order valence-corrected chi connectivity index (χ0v) is 40.4. The normalized spacial score (nSPS) is 15.7. The van der Waals surface area contributed by atoms with Gasteiger partial charge in [-0.25, -0.2) is 13.2 Å². The number of carbonyl (C=O) groups excluding carboxylic acids is 3. The Balaban J connectivity index is 0.0000336. The number of hydrogen-bond acceptors (Lipinski definition) is 10. The van der Waals surface area contributed by atoms with Gasteiger partial charge in [-0.3, -0.25) is 13.8 Å². The monoisotopic (exact) mass is 864 g/mol. The molecule has 1 amide bonds. The van der Waals surface area contributed by atoms with Crippen LogP contribution < -0.4 is 34.9 Å². The van der Waals surface area contributed by atoms with Gasteiger partial charge in [0.1, 0.15) is 13.2 Å². The fourth-order valence-electron chi connectivity index (χ4n) is 7.13. The van der Waals surface area contributed by atoms with Crippen LogP contribution in [-0.4, -0.2) is 62.5 Å². The predicted molar refractivity (Wildman–Crippen MR) is 231 cm³/mol. The van der Waals surface area contributed by atoms with Crippen LogP contribution in [0.4, 0.5) is 4.79 Å². The summed E-state index contributed by atoms with van der Waals surface area (Å²) in [7, 11) is -4.79. The summed E-state index contributed by atoms with van der Waals surface area (Å²) in [6.07, 6.45) is 39.0. The zero-order valence-electron chi connectivity index (χ0n) is 37.6. The average Bonchev–Trinajstić information content (AvgIpc) is 3.19. The minimum atomic E-state index is -4.79. The molecule has 0 bridgehead atoms. The summed E-state index contributed by atoms with van der Waals surface area (Å²) in [4.78, 5) is 37.9. The second kappa shape index (κ2) is 40.6. The molecule has 0 saturated heterocycles. The van der Waals surface area contributed by atoms with Crippen molar-refractivity contribution in [1.82, 2.24) is 5.32 Å². The Morgan fingerprint density at radius 1 is 0.576 bits per heavy atom. The molecule has 0 aromatic heterocycles. The van der Waals surface area contributed by atoms with Crippen molar-refractivity contribution in [2.45, 2.75) is 238 Å². The van der Waals surface area contributed by atoms with E-state index < -0.39 is 40.6 Å². The summed E-state index contributed by atoms with van der Waals surface area (Å²) < 4.78 is 53.7. The van der Waals surface area contributed by atoms with Crippen LogP contribution in [0, 0.1) is 0 Å². The van der Waals surface area contributed by atoms with Gasteiger partial charge in [-0.2, -0.15) is 0 Å². The molecule has 1 aliphatic rings. The molecule has 0 heterocycles. The number of alkyl carbamates (subject to hydrolysis) is 1. The standard InChI is InChI=1S/C46H83NO10S.Na/c1-3-5-7-9-11-13-15-17-19-21-23-25-27-29-31-33-44(48)54-39-43(56-46(50)47-41-35-37-42(38-36-41)57-58(51,52)53)40-55-45(49)34-32-30-28-26-24-22-20-18-16-14-12-10-8-6-4-2;/h17-20,41-43H,3-16,21-40H2,1-2H3,(H,47,50)(H,51,52,53);/q;+1/p-1/b19-17-,20-18-;. The molecule has 59 heavy (non-hydrogen) atoms. The first-order chi connectivity index (χ1) is 28.1. The summed E-state index contributed by atoms with van der Waals surface area (Å²) in [5, 5.41) is 2.74. The van der Waals surface area contributed by atoms with Crippen LogP contribution in [0.2, 0.25) is 0 Å². The van der Waals surface area contributed by atoms with Crippen molar-refractivity contribution in [3.8, 4) is 0 Å². The SMILES string of the molecule is CCCCCCCC/C=C\CCCCCCCC(=O)OCC(COC(=O)CCCCCCC/C=C\CCCCCCCC)OC(=O)NC1CCC(OS(=O)(=O)[O-])CC1.[Na+]. The van der Waals surface area contributed by atoms with Crippen LogP contribution in [-0.2, 0) is 38.4 Å². The van der Waals surface area contributed by atoms with E-state index in [1.807, 2.05) is 0 Å². The van der Waals surface area contributed by atoms with Crippen molar-refractivity contribution in [3.05, 3.63) is 24.3 Å². The Kier molecular flexibility index (Phi) is 39.6. The molecule has 1 fully saturated rings. The molecule has 1 saturated carbocycles. The fraction of sp³-hybridized carbons (Fsp3) is 0.848. The van der Waals surface area contributed by atoms with E-state index in [4.69, 9.17) is 14.2 Å². The van der Waals surface area contributed by atoms with E-state index >= 15 is 0 Å². The summed E-state index contributed by atoms with van der Waals surface area (Å²) in [5.74, 6) is -0.782. The first kappa shape index (κ1) is 57.6. The van der Waals surface area contributed by atoms with Gasteiger partial charge in [0.05, 0.1) is 6.10 Å². The topological polar surface area (TPSA) is 157 Å². The molecule has 1 N–H and O–H groups in total. The number of unbranched alkanes of at least 4 members (excludes halogenated alkanes) is 22. The van der Waals surface area contributed by atoms with Gasteiger partial charge >= 0.3 is 47.6 Å². The van der Waals surface area contributed by atoms with E-state index in [2.05, 4.69) is 47.7 Å². The van der Waals surface area contributed by atoms with Crippen molar-refractivity contribution in [3.63, 3.8) is 0 Å². The molecule has 0 aliphatic heterocycles.